The molecular weight excluding hydrogens is 258 g/mol. The van der Waals surface area contributed by atoms with Crippen molar-refractivity contribution in [2.75, 3.05) is 0 Å². The van der Waals surface area contributed by atoms with Gasteiger partial charge in [0.2, 0.25) is 0 Å². The van der Waals surface area contributed by atoms with Gasteiger partial charge < -0.3 is 5.11 Å². The van der Waals surface area contributed by atoms with E-state index in [-0.39, 0.29) is 11.5 Å². The van der Waals surface area contributed by atoms with Crippen LogP contribution in [0.15, 0.2) is 24.3 Å². The van der Waals surface area contributed by atoms with Crippen molar-refractivity contribution in [2.45, 2.75) is 45.6 Å². The minimum atomic E-state index is -0.912. The average molecular weight is 279 g/mol. The van der Waals surface area contributed by atoms with Gasteiger partial charge in [0.15, 0.2) is 0 Å². The molecule has 0 fully saturated rings. The number of non-ortho nitro benzene ring substituents is 1. The second-order valence-corrected chi connectivity index (χ2v) is 5.01. The standard InChI is InChI=1S/C15H21NO4/c1-3-4-5-6-14(17)11(2)15(18)12-7-9-13(10-8-12)16(19)20/h7-11,15,18H,3-6H2,1-2H3/t11-,15+/m0/s1. The first kappa shape index (κ1) is 16.3. The van der Waals surface area contributed by atoms with Gasteiger partial charge in [0, 0.05) is 24.5 Å². The largest absolute Gasteiger partial charge is 0.388 e. The molecule has 0 aliphatic heterocycles. The SMILES string of the molecule is CCCCCC(=O)[C@H](C)[C@@H](O)c1ccc([N+](=O)[O-])cc1. The first-order valence-electron chi connectivity index (χ1n) is 6.92. The molecular formula is C15H21NO4. The fourth-order valence-electron chi connectivity index (χ4n) is 2.03. The lowest BCUT2D eigenvalue weighted by atomic mass is 9.91. The quantitative estimate of drug-likeness (QED) is 0.449. The summed E-state index contributed by atoms with van der Waals surface area (Å²) in [6.45, 7) is 3.76. The smallest absolute Gasteiger partial charge is 0.269 e. The van der Waals surface area contributed by atoms with Crippen LogP contribution < -0.4 is 0 Å². The number of unbranched alkanes of at least 4 members (excludes halogenated alkanes) is 2. The third kappa shape index (κ3) is 4.42. The number of ketones is 1. The van der Waals surface area contributed by atoms with Crippen molar-refractivity contribution >= 4 is 11.5 Å². The zero-order valence-electron chi connectivity index (χ0n) is 11.9. The Kier molecular flexibility index (Phi) is 6.31. The number of aliphatic hydroxyl groups is 1. The molecule has 0 aromatic heterocycles. The van der Waals surface area contributed by atoms with Gasteiger partial charge in [-0.1, -0.05) is 26.7 Å². The predicted octanol–water partition coefficient (Wildman–Crippen LogP) is 3.41. The van der Waals surface area contributed by atoms with Gasteiger partial charge >= 0.3 is 0 Å². The Morgan fingerprint density at radius 3 is 2.40 bits per heavy atom. The van der Waals surface area contributed by atoms with Gasteiger partial charge in [0.05, 0.1) is 11.0 Å². The molecule has 1 aromatic carbocycles. The normalized spacial score (nSPS) is 13.8. The third-order valence-corrected chi connectivity index (χ3v) is 3.45. The number of carbonyl (C=O) groups is 1. The maximum Gasteiger partial charge on any atom is 0.269 e. The van der Waals surface area contributed by atoms with Crippen LogP contribution >= 0.6 is 0 Å². The van der Waals surface area contributed by atoms with Crippen LogP contribution in [0.5, 0.6) is 0 Å². The minimum absolute atomic E-state index is 0.0251. The van der Waals surface area contributed by atoms with E-state index in [1.807, 2.05) is 0 Å². The number of Topliss-reactive ketones (excluding diaryl/α,β-unsaturated/α-hetero) is 1. The van der Waals surface area contributed by atoms with E-state index in [4.69, 9.17) is 0 Å². The van der Waals surface area contributed by atoms with Crippen LogP contribution in [0.2, 0.25) is 0 Å². The van der Waals surface area contributed by atoms with Gasteiger partial charge in [-0.05, 0) is 24.1 Å². The van der Waals surface area contributed by atoms with Crippen molar-refractivity contribution in [1.29, 1.82) is 0 Å². The van der Waals surface area contributed by atoms with Crippen LogP contribution in [0.4, 0.5) is 5.69 Å². The summed E-state index contributed by atoms with van der Waals surface area (Å²) in [6.07, 6.45) is 2.45. The second kappa shape index (κ2) is 7.75. The highest BCUT2D eigenvalue weighted by atomic mass is 16.6. The number of aliphatic hydroxyl groups excluding tert-OH is 1. The van der Waals surface area contributed by atoms with E-state index in [2.05, 4.69) is 6.92 Å². The van der Waals surface area contributed by atoms with E-state index >= 15 is 0 Å². The molecule has 5 heteroatoms. The van der Waals surface area contributed by atoms with E-state index < -0.39 is 16.9 Å². The number of carbonyl (C=O) groups excluding carboxylic acids is 1. The number of nitro groups is 1. The van der Waals surface area contributed by atoms with E-state index in [0.29, 0.717) is 12.0 Å². The second-order valence-electron chi connectivity index (χ2n) is 5.01. The van der Waals surface area contributed by atoms with Gasteiger partial charge in [-0.2, -0.15) is 0 Å². The zero-order valence-corrected chi connectivity index (χ0v) is 11.9. The Bertz CT molecular complexity index is 455. The molecule has 5 nitrogen and oxygen atoms in total. The van der Waals surface area contributed by atoms with Crippen LogP contribution in [-0.4, -0.2) is 15.8 Å². The Hall–Kier alpha value is -1.75. The summed E-state index contributed by atoms with van der Waals surface area (Å²) in [6, 6.07) is 5.68. The van der Waals surface area contributed by atoms with Crippen molar-refractivity contribution in [2.24, 2.45) is 5.92 Å². The summed E-state index contributed by atoms with van der Waals surface area (Å²) in [4.78, 5) is 22.0. The topological polar surface area (TPSA) is 80.4 Å². The number of hydrogen-bond acceptors (Lipinski definition) is 4. The molecule has 110 valence electrons. The minimum Gasteiger partial charge on any atom is -0.388 e. The zero-order chi connectivity index (χ0) is 15.1. The number of rotatable bonds is 8. The molecule has 0 spiro atoms. The molecule has 1 aromatic rings. The lowest BCUT2D eigenvalue weighted by Crippen LogP contribution is -2.19. The van der Waals surface area contributed by atoms with Crippen LogP contribution in [0, 0.1) is 16.0 Å². The van der Waals surface area contributed by atoms with Crippen LogP contribution in [-0.2, 0) is 4.79 Å². The van der Waals surface area contributed by atoms with Crippen molar-refractivity contribution in [3.8, 4) is 0 Å². The number of hydrogen-bond donors (Lipinski definition) is 1. The van der Waals surface area contributed by atoms with Crippen LogP contribution in [0.3, 0.4) is 0 Å². The molecule has 0 aliphatic rings. The summed E-state index contributed by atoms with van der Waals surface area (Å²) < 4.78 is 0. The lowest BCUT2D eigenvalue weighted by Gasteiger charge is -2.18. The first-order chi connectivity index (χ1) is 9.47. The van der Waals surface area contributed by atoms with Crippen LogP contribution in [0.1, 0.15) is 51.2 Å². The molecule has 0 saturated carbocycles. The number of nitrogens with zero attached hydrogens (tertiary/aromatic N) is 1. The summed E-state index contributed by atoms with van der Waals surface area (Å²) >= 11 is 0. The Morgan fingerprint density at radius 2 is 1.90 bits per heavy atom. The Labute approximate surface area is 118 Å². The Balaban J connectivity index is 2.65. The van der Waals surface area contributed by atoms with Gasteiger partial charge in [-0.25, -0.2) is 0 Å². The number of benzene rings is 1. The molecule has 2 atom stereocenters. The average Bonchev–Trinajstić information content (AvgIpc) is 2.46. The van der Waals surface area contributed by atoms with Gasteiger partial charge in [0.1, 0.15) is 5.78 Å². The summed E-state index contributed by atoms with van der Waals surface area (Å²) in [5.41, 5.74) is 0.509. The van der Waals surface area contributed by atoms with E-state index in [1.54, 1.807) is 6.92 Å². The van der Waals surface area contributed by atoms with Gasteiger partial charge in [0.25, 0.3) is 5.69 Å². The number of nitro benzene ring substituents is 1. The van der Waals surface area contributed by atoms with E-state index in [0.717, 1.165) is 19.3 Å². The fourth-order valence-corrected chi connectivity index (χ4v) is 2.03. The molecule has 20 heavy (non-hydrogen) atoms. The van der Waals surface area contributed by atoms with Crippen molar-refractivity contribution in [3.63, 3.8) is 0 Å². The van der Waals surface area contributed by atoms with E-state index in [9.17, 15) is 20.0 Å². The lowest BCUT2D eigenvalue weighted by molar-refractivity contribution is -0.384. The highest BCUT2D eigenvalue weighted by Gasteiger charge is 2.23. The fraction of sp³-hybridized carbons (Fsp3) is 0.533. The Morgan fingerprint density at radius 1 is 1.30 bits per heavy atom. The molecule has 0 unspecified atom stereocenters. The highest BCUT2D eigenvalue weighted by molar-refractivity contribution is 5.81. The highest BCUT2D eigenvalue weighted by Crippen LogP contribution is 2.25. The molecule has 0 heterocycles. The monoisotopic (exact) mass is 279 g/mol. The van der Waals surface area contributed by atoms with Crippen molar-refractivity contribution < 1.29 is 14.8 Å². The molecule has 0 saturated heterocycles. The third-order valence-electron chi connectivity index (χ3n) is 3.45. The van der Waals surface area contributed by atoms with Crippen molar-refractivity contribution in [3.05, 3.63) is 39.9 Å². The molecule has 1 rings (SSSR count). The van der Waals surface area contributed by atoms with E-state index in [1.165, 1.54) is 24.3 Å². The molecule has 1 N–H and O–H groups in total. The van der Waals surface area contributed by atoms with Crippen LogP contribution in [0.25, 0.3) is 0 Å². The summed E-state index contributed by atoms with van der Waals surface area (Å²) in [5.74, 6) is -0.461. The summed E-state index contributed by atoms with van der Waals surface area (Å²) in [5, 5.41) is 20.7. The molecule has 0 aliphatic carbocycles. The molecule has 0 radical (unpaired) electrons. The maximum atomic E-state index is 11.9. The van der Waals surface area contributed by atoms with Crippen molar-refractivity contribution in [1.82, 2.24) is 0 Å². The first-order valence-corrected chi connectivity index (χ1v) is 6.92. The maximum absolute atomic E-state index is 11.9. The van der Waals surface area contributed by atoms with Gasteiger partial charge in [-0.3, -0.25) is 14.9 Å². The summed E-state index contributed by atoms with van der Waals surface area (Å²) in [7, 11) is 0. The molecule has 0 amide bonds. The predicted molar refractivity (Wildman–Crippen MR) is 76.4 cm³/mol. The molecule has 0 bridgehead atoms. The van der Waals surface area contributed by atoms with Gasteiger partial charge in [-0.15, -0.1) is 0 Å².